The lowest BCUT2D eigenvalue weighted by Crippen LogP contribution is -2.12. The Morgan fingerprint density at radius 2 is 2.00 bits per heavy atom. The molecule has 0 bridgehead atoms. The lowest BCUT2D eigenvalue weighted by Gasteiger charge is -2.08. The van der Waals surface area contributed by atoms with Crippen LogP contribution < -0.4 is 4.74 Å². The quantitative estimate of drug-likeness (QED) is 0.232. The number of rotatable bonds is 6. The predicted octanol–water partition coefficient (Wildman–Crippen LogP) is 3.97. The van der Waals surface area contributed by atoms with Crippen LogP contribution in [0.3, 0.4) is 0 Å². The highest BCUT2D eigenvalue weighted by Crippen LogP contribution is 2.28. The number of esters is 1. The average molecular weight is 417 g/mol. The highest BCUT2D eigenvalue weighted by Gasteiger charge is 2.09. The fourth-order valence-electron chi connectivity index (χ4n) is 2.03. The van der Waals surface area contributed by atoms with Gasteiger partial charge in [0.1, 0.15) is 5.75 Å². The summed E-state index contributed by atoms with van der Waals surface area (Å²) in [5.41, 5.74) is 1.60. The molecule has 0 unspecified atom stereocenters. The first-order chi connectivity index (χ1) is 12.4. The molecule has 132 valence electrons. The smallest absolute Gasteiger partial charge is 0.343 e. The number of nitrogens with zero attached hydrogens (tertiary/aromatic N) is 2. The molecule has 0 fully saturated rings. The molecule has 0 atom stereocenters. The average Bonchev–Trinajstić information content (AvgIpc) is 2.65. The number of carbonyl (C=O) groups is 1. The van der Waals surface area contributed by atoms with E-state index in [9.17, 15) is 20.2 Å². The van der Waals surface area contributed by atoms with Gasteiger partial charge in [-0.15, -0.1) is 0 Å². The summed E-state index contributed by atoms with van der Waals surface area (Å²) in [6.45, 7) is -0.212. The number of methoxy groups -OCH3 is 1. The number of benzene rings is 2. The molecule has 2 aromatic rings. The summed E-state index contributed by atoms with van der Waals surface area (Å²) in [6.07, 6.45) is 1.65. The van der Waals surface area contributed by atoms with Crippen molar-refractivity contribution in [2.24, 2.45) is 0 Å². The zero-order chi connectivity index (χ0) is 19.1. The van der Waals surface area contributed by atoms with Crippen molar-refractivity contribution >= 4 is 39.2 Å². The third-order valence-corrected chi connectivity index (χ3v) is 3.97. The Morgan fingerprint density at radius 1 is 1.31 bits per heavy atom. The number of carbonyl (C=O) groups excluding carboxylic acids is 1. The van der Waals surface area contributed by atoms with Gasteiger partial charge >= 0.3 is 5.97 Å². The van der Waals surface area contributed by atoms with Crippen molar-refractivity contribution < 1.29 is 19.2 Å². The van der Waals surface area contributed by atoms with Gasteiger partial charge in [-0.3, -0.25) is 10.1 Å². The Hall–Kier alpha value is -3.18. The maximum Gasteiger partial charge on any atom is 0.343 e. The molecule has 0 saturated carbocycles. The number of allylic oxidation sites excluding steroid dienone is 1. The van der Waals surface area contributed by atoms with Gasteiger partial charge in [0.05, 0.1) is 28.1 Å². The van der Waals surface area contributed by atoms with E-state index >= 15 is 0 Å². The van der Waals surface area contributed by atoms with Crippen LogP contribution in [0.2, 0.25) is 0 Å². The van der Waals surface area contributed by atoms with Crippen molar-refractivity contribution in [3.63, 3.8) is 0 Å². The summed E-state index contributed by atoms with van der Waals surface area (Å²) in [6, 6.07) is 12.9. The Balaban J connectivity index is 2.23. The maximum atomic E-state index is 11.1. The van der Waals surface area contributed by atoms with Crippen LogP contribution in [-0.4, -0.2) is 24.6 Å². The van der Waals surface area contributed by atoms with Crippen LogP contribution in [0.4, 0.5) is 5.69 Å². The largest absolute Gasteiger partial charge is 0.481 e. The second kappa shape index (κ2) is 8.78. The van der Waals surface area contributed by atoms with E-state index in [0.29, 0.717) is 21.4 Å². The lowest BCUT2D eigenvalue weighted by atomic mass is 10.0. The van der Waals surface area contributed by atoms with Gasteiger partial charge in [-0.05, 0) is 57.4 Å². The number of hydrogen-bond acceptors (Lipinski definition) is 6. The van der Waals surface area contributed by atoms with E-state index in [0.717, 1.165) is 5.56 Å². The van der Waals surface area contributed by atoms with Gasteiger partial charge in [0.2, 0.25) is 0 Å². The van der Waals surface area contributed by atoms with Crippen LogP contribution in [0, 0.1) is 21.4 Å². The van der Waals surface area contributed by atoms with E-state index < -0.39 is 10.9 Å². The molecule has 2 rings (SSSR count). The van der Waals surface area contributed by atoms with E-state index in [1.807, 2.05) is 0 Å². The first-order valence-electron chi connectivity index (χ1n) is 7.30. The van der Waals surface area contributed by atoms with Gasteiger partial charge in [0.15, 0.2) is 6.61 Å². The molecule has 0 aromatic heterocycles. The molecule has 0 spiro atoms. The van der Waals surface area contributed by atoms with E-state index in [2.05, 4.69) is 26.7 Å². The third kappa shape index (κ3) is 4.91. The molecule has 0 aliphatic rings. The Bertz CT molecular complexity index is 901. The first kappa shape index (κ1) is 19.1. The summed E-state index contributed by atoms with van der Waals surface area (Å²) in [7, 11) is 1.27. The second-order valence-electron chi connectivity index (χ2n) is 5.03. The van der Waals surface area contributed by atoms with E-state index in [1.54, 1.807) is 24.3 Å². The Kier molecular flexibility index (Phi) is 6.47. The van der Waals surface area contributed by atoms with Crippen molar-refractivity contribution in [2.75, 3.05) is 13.7 Å². The van der Waals surface area contributed by atoms with Gasteiger partial charge in [-0.25, -0.2) is 4.79 Å². The zero-order valence-electron chi connectivity index (χ0n) is 13.6. The Labute approximate surface area is 157 Å². The van der Waals surface area contributed by atoms with Crippen molar-refractivity contribution in [1.29, 1.82) is 5.26 Å². The zero-order valence-corrected chi connectivity index (χ0v) is 15.2. The molecule has 0 aliphatic carbocycles. The minimum Gasteiger partial charge on any atom is -0.481 e. The van der Waals surface area contributed by atoms with Crippen LogP contribution in [0.25, 0.3) is 11.6 Å². The van der Waals surface area contributed by atoms with Gasteiger partial charge in [0, 0.05) is 12.1 Å². The number of hydrogen-bond donors (Lipinski definition) is 0. The van der Waals surface area contributed by atoms with Crippen LogP contribution in [0.5, 0.6) is 5.75 Å². The topological polar surface area (TPSA) is 102 Å². The van der Waals surface area contributed by atoms with Gasteiger partial charge in [0.25, 0.3) is 5.69 Å². The number of nitro benzene ring substituents is 1. The standard InChI is InChI=1S/C18H13BrN2O5/c1-25-18(22)11-26-17-7-2-12(9-16(17)19)8-14(10-20)13-3-5-15(6-4-13)21(23)24/h2-9H,11H2,1H3/b14-8+. The summed E-state index contributed by atoms with van der Waals surface area (Å²) in [5, 5.41) is 20.1. The van der Waals surface area contributed by atoms with E-state index in [4.69, 9.17) is 4.74 Å². The van der Waals surface area contributed by atoms with Gasteiger partial charge < -0.3 is 9.47 Å². The van der Waals surface area contributed by atoms with Gasteiger partial charge in [-0.1, -0.05) is 6.07 Å². The molecule has 8 heteroatoms. The molecule has 0 heterocycles. The summed E-state index contributed by atoms with van der Waals surface area (Å²) < 4.78 is 10.4. The summed E-state index contributed by atoms with van der Waals surface area (Å²) >= 11 is 3.35. The number of nitro groups is 1. The summed E-state index contributed by atoms with van der Waals surface area (Å²) in [4.78, 5) is 21.3. The maximum absolute atomic E-state index is 11.1. The molecule has 26 heavy (non-hydrogen) atoms. The number of ether oxygens (including phenoxy) is 2. The summed E-state index contributed by atoms with van der Waals surface area (Å²) in [5.74, 6) is -0.0350. The fraction of sp³-hybridized carbons (Fsp3) is 0.111. The van der Waals surface area contributed by atoms with Crippen LogP contribution >= 0.6 is 15.9 Å². The molecule has 0 amide bonds. The van der Waals surface area contributed by atoms with Crippen molar-refractivity contribution in [3.05, 3.63) is 68.2 Å². The molecular formula is C18H13BrN2O5. The predicted molar refractivity (Wildman–Crippen MR) is 98.2 cm³/mol. The van der Waals surface area contributed by atoms with E-state index in [1.165, 1.54) is 31.4 Å². The monoisotopic (exact) mass is 416 g/mol. The number of nitriles is 1. The van der Waals surface area contributed by atoms with Crippen molar-refractivity contribution in [3.8, 4) is 11.8 Å². The van der Waals surface area contributed by atoms with Crippen LogP contribution in [0.15, 0.2) is 46.9 Å². The lowest BCUT2D eigenvalue weighted by molar-refractivity contribution is -0.384. The molecule has 7 nitrogen and oxygen atoms in total. The van der Waals surface area contributed by atoms with E-state index in [-0.39, 0.29) is 12.3 Å². The second-order valence-corrected chi connectivity index (χ2v) is 5.88. The minimum absolute atomic E-state index is 0.0408. The molecule has 2 aromatic carbocycles. The fourth-order valence-corrected chi connectivity index (χ4v) is 2.54. The molecule has 0 aliphatic heterocycles. The molecule has 0 N–H and O–H groups in total. The number of halogens is 1. The third-order valence-electron chi connectivity index (χ3n) is 3.35. The molecule has 0 radical (unpaired) electrons. The number of non-ortho nitro benzene ring substituents is 1. The Morgan fingerprint density at radius 3 is 2.54 bits per heavy atom. The van der Waals surface area contributed by atoms with Crippen molar-refractivity contribution in [2.45, 2.75) is 0 Å². The highest BCUT2D eigenvalue weighted by molar-refractivity contribution is 9.10. The van der Waals surface area contributed by atoms with Crippen molar-refractivity contribution in [1.82, 2.24) is 0 Å². The van der Waals surface area contributed by atoms with Crippen LogP contribution in [-0.2, 0) is 9.53 Å². The van der Waals surface area contributed by atoms with Crippen LogP contribution in [0.1, 0.15) is 11.1 Å². The normalized spacial score (nSPS) is 10.7. The minimum atomic E-state index is -0.496. The highest BCUT2D eigenvalue weighted by atomic mass is 79.9. The van der Waals surface area contributed by atoms with Gasteiger partial charge in [-0.2, -0.15) is 5.26 Å². The SMILES string of the molecule is COC(=O)COc1ccc(/C=C(\C#N)c2ccc([N+](=O)[O-])cc2)cc1Br. The molecular weight excluding hydrogens is 404 g/mol. The molecule has 0 saturated heterocycles. The first-order valence-corrected chi connectivity index (χ1v) is 8.09.